The molecular formula is C20H18FN3O2. The van der Waals surface area contributed by atoms with Gasteiger partial charge in [0.2, 0.25) is 0 Å². The quantitative estimate of drug-likeness (QED) is 0.715. The Labute approximate surface area is 150 Å². The molecule has 1 aliphatic carbocycles. The minimum atomic E-state index is -0.824. The highest BCUT2D eigenvalue weighted by molar-refractivity contribution is 5.78. The predicted molar refractivity (Wildman–Crippen MR) is 97.2 cm³/mol. The van der Waals surface area contributed by atoms with Gasteiger partial charge >= 0.3 is 0 Å². The molecule has 0 aliphatic heterocycles. The number of halogens is 1. The summed E-state index contributed by atoms with van der Waals surface area (Å²) in [6, 6.07) is 13.0. The molecule has 5 nitrogen and oxygen atoms in total. The molecule has 0 saturated carbocycles. The Balaban J connectivity index is 1.76. The maximum absolute atomic E-state index is 13.9. The first-order valence-electron chi connectivity index (χ1n) is 8.26. The normalized spacial score (nSPS) is 19.6. The molecule has 132 valence electrons. The lowest BCUT2D eigenvalue weighted by Gasteiger charge is -2.31. The molecule has 1 heterocycles. The van der Waals surface area contributed by atoms with Crippen molar-refractivity contribution in [3.05, 3.63) is 72.1 Å². The lowest BCUT2D eigenvalue weighted by atomic mass is 9.94. The van der Waals surface area contributed by atoms with Gasteiger partial charge in [0, 0.05) is 25.7 Å². The van der Waals surface area contributed by atoms with Crippen LogP contribution in [0.1, 0.15) is 12.0 Å². The number of hydrogen-bond acceptors (Lipinski definition) is 4. The average molecular weight is 351 g/mol. The third kappa shape index (κ3) is 2.59. The number of methoxy groups -OCH3 is 2. The second-order valence-electron chi connectivity index (χ2n) is 6.09. The van der Waals surface area contributed by atoms with Gasteiger partial charge in [-0.15, -0.1) is 5.10 Å². The first-order chi connectivity index (χ1) is 12.7. The van der Waals surface area contributed by atoms with Crippen molar-refractivity contribution in [1.29, 1.82) is 0 Å². The summed E-state index contributed by atoms with van der Waals surface area (Å²) in [4.78, 5) is 0. The maximum atomic E-state index is 13.9. The van der Waals surface area contributed by atoms with Crippen molar-refractivity contribution in [3.8, 4) is 5.75 Å². The fourth-order valence-electron chi connectivity index (χ4n) is 3.21. The fourth-order valence-corrected chi connectivity index (χ4v) is 3.21. The van der Waals surface area contributed by atoms with Gasteiger partial charge in [-0.3, -0.25) is 0 Å². The lowest BCUT2D eigenvalue weighted by Crippen LogP contribution is -2.35. The number of fused-ring (bicyclic) bond motifs is 1. The molecule has 3 aromatic rings. The summed E-state index contributed by atoms with van der Waals surface area (Å²) in [5, 5.41) is 8.30. The number of hydrogen-bond donors (Lipinski definition) is 0. The number of allylic oxidation sites excluding steroid dienone is 2. The molecule has 1 aliphatic rings. The number of nitrogens with zero attached hydrogens (tertiary/aromatic N) is 3. The summed E-state index contributed by atoms with van der Waals surface area (Å²) in [6.45, 7) is 0. The van der Waals surface area contributed by atoms with E-state index in [-0.39, 0.29) is 5.75 Å². The summed E-state index contributed by atoms with van der Waals surface area (Å²) < 4.78 is 26.5. The minimum Gasteiger partial charge on any atom is -0.494 e. The highest BCUT2D eigenvalue weighted by atomic mass is 19.1. The van der Waals surface area contributed by atoms with Crippen LogP contribution in [-0.2, 0) is 10.5 Å². The molecule has 0 fully saturated rings. The summed E-state index contributed by atoms with van der Waals surface area (Å²) in [7, 11) is 3.06. The van der Waals surface area contributed by atoms with Crippen molar-refractivity contribution in [1.82, 2.24) is 15.0 Å². The number of ether oxygens (including phenoxy) is 2. The monoisotopic (exact) mass is 351 g/mol. The molecule has 0 bridgehead atoms. The van der Waals surface area contributed by atoms with Gasteiger partial charge in [0.15, 0.2) is 17.3 Å². The number of rotatable bonds is 4. The largest absolute Gasteiger partial charge is 0.494 e. The Morgan fingerprint density at radius 1 is 1.15 bits per heavy atom. The molecule has 1 aromatic heterocycles. The second kappa shape index (κ2) is 6.38. The molecule has 0 amide bonds. The molecular weight excluding hydrogens is 333 g/mol. The third-order valence-corrected chi connectivity index (χ3v) is 4.68. The maximum Gasteiger partial charge on any atom is 0.185 e. The van der Waals surface area contributed by atoms with E-state index in [9.17, 15) is 4.39 Å². The van der Waals surface area contributed by atoms with E-state index in [0.717, 1.165) is 11.1 Å². The van der Waals surface area contributed by atoms with Crippen LogP contribution in [0, 0.1) is 5.82 Å². The molecule has 0 radical (unpaired) electrons. The van der Waals surface area contributed by atoms with Crippen molar-refractivity contribution in [2.24, 2.45) is 0 Å². The first kappa shape index (κ1) is 16.5. The van der Waals surface area contributed by atoms with Crippen molar-refractivity contribution >= 4 is 16.6 Å². The van der Waals surface area contributed by atoms with Gasteiger partial charge in [-0.05, 0) is 17.2 Å². The molecule has 6 heteroatoms. The van der Waals surface area contributed by atoms with E-state index in [4.69, 9.17) is 9.47 Å². The first-order valence-corrected chi connectivity index (χ1v) is 8.26. The summed E-state index contributed by atoms with van der Waals surface area (Å²) in [5.41, 5.74) is 2.53. The van der Waals surface area contributed by atoms with Crippen LogP contribution >= 0.6 is 0 Å². The Hall–Kier alpha value is -2.99. The van der Waals surface area contributed by atoms with E-state index >= 15 is 0 Å². The fraction of sp³-hybridized carbons (Fsp3) is 0.200. The highest BCUT2D eigenvalue weighted by Gasteiger charge is 2.33. The van der Waals surface area contributed by atoms with Crippen LogP contribution in [0.4, 0.5) is 4.39 Å². The second-order valence-corrected chi connectivity index (χ2v) is 6.09. The van der Waals surface area contributed by atoms with Gasteiger partial charge in [-0.1, -0.05) is 47.7 Å². The molecule has 1 atom stereocenters. The van der Waals surface area contributed by atoms with Crippen LogP contribution in [-0.4, -0.2) is 29.2 Å². The van der Waals surface area contributed by atoms with E-state index in [1.807, 2.05) is 30.4 Å². The molecule has 0 spiro atoms. The van der Waals surface area contributed by atoms with E-state index in [0.29, 0.717) is 17.5 Å². The van der Waals surface area contributed by atoms with Crippen LogP contribution < -0.4 is 4.74 Å². The molecule has 2 aromatic carbocycles. The van der Waals surface area contributed by atoms with Crippen LogP contribution in [0.5, 0.6) is 5.75 Å². The van der Waals surface area contributed by atoms with Crippen molar-refractivity contribution in [3.63, 3.8) is 0 Å². The van der Waals surface area contributed by atoms with E-state index in [1.165, 1.54) is 13.2 Å². The average Bonchev–Trinajstić information content (AvgIpc) is 3.11. The molecule has 0 N–H and O–H groups in total. The van der Waals surface area contributed by atoms with Crippen molar-refractivity contribution in [2.75, 3.05) is 14.2 Å². The Morgan fingerprint density at radius 3 is 2.62 bits per heavy atom. The van der Waals surface area contributed by atoms with Crippen LogP contribution in [0.3, 0.4) is 0 Å². The number of aromatic nitrogens is 3. The van der Waals surface area contributed by atoms with E-state index in [2.05, 4.69) is 28.5 Å². The van der Waals surface area contributed by atoms with Gasteiger partial charge in [-0.2, -0.15) is 0 Å². The minimum absolute atomic E-state index is 0.146. The topological polar surface area (TPSA) is 49.2 Å². The highest BCUT2D eigenvalue weighted by Crippen LogP contribution is 2.35. The Morgan fingerprint density at radius 2 is 1.96 bits per heavy atom. The third-order valence-electron chi connectivity index (χ3n) is 4.68. The van der Waals surface area contributed by atoms with Crippen LogP contribution in [0.25, 0.3) is 16.6 Å². The number of benzene rings is 2. The van der Waals surface area contributed by atoms with Crippen molar-refractivity contribution in [2.45, 2.75) is 12.1 Å². The van der Waals surface area contributed by atoms with Crippen molar-refractivity contribution < 1.29 is 13.9 Å². The summed E-state index contributed by atoms with van der Waals surface area (Å²) in [6.07, 6.45) is 6.64. The van der Waals surface area contributed by atoms with Gasteiger partial charge in [-0.25, -0.2) is 9.07 Å². The zero-order valence-electron chi connectivity index (χ0n) is 14.5. The van der Waals surface area contributed by atoms with Crippen LogP contribution in [0.15, 0.2) is 60.7 Å². The SMILES string of the molecule is COc1cc2c(cc1F)nnn2C1(OC)C=CC(c2ccccc2)=CC1. The summed E-state index contributed by atoms with van der Waals surface area (Å²) in [5.74, 6) is -0.323. The zero-order valence-corrected chi connectivity index (χ0v) is 14.5. The van der Waals surface area contributed by atoms with E-state index in [1.54, 1.807) is 17.9 Å². The van der Waals surface area contributed by atoms with Crippen LogP contribution in [0.2, 0.25) is 0 Å². The lowest BCUT2D eigenvalue weighted by molar-refractivity contribution is -0.0400. The van der Waals surface area contributed by atoms with Gasteiger partial charge in [0.1, 0.15) is 5.52 Å². The van der Waals surface area contributed by atoms with E-state index < -0.39 is 11.5 Å². The molecule has 0 saturated heterocycles. The Kier molecular flexibility index (Phi) is 4.05. The smallest absolute Gasteiger partial charge is 0.185 e. The van der Waals surface area contributed by atoms with Gasteiger partial charge in [0.25, 0.3) is 0 Å². The molecule has 26 heavy (non-hydrogen) atoms. The standard InChI is InChI=1S/C20H18FN3O2/c1-25-19-13-18-17(12-16(19)21)22-23-24(18)20(26-2)10-8-15(9-11-20)14-6-4-3-5-7-14/h3-10,12-13H,11H2,1-2H3. The molecule has 4 rings (SSSR count). The van der Waals surface area contributed by atoms with Gasteiger partial charge < -0.3 is 9.47 Å². The van der Waals surface area contributed by atoms with Gasteiger partial charge in [0.05, 0.1) is 12.6 Å². The predicted octanol–water partition coefficient (Wildman–Crippen LogP) is 3.92. The summed E-state index contributed by atoms with van der Waals surface area (Å²) >= 11 is 0. The zero-order chi connectivity index (χ0) is 18.1. The Bertz CT molecular complexity index is 1010. The molecule has 1 unspecified atom stereocenters.